The molecule has 3 rings (SSSR count). The minimum Gasteiger partial charge on any atom is -0.489 e. The van der Waals surface area contributed by atoms with Gasteiger partial charge in [-0.3, -0.25) is 4.79 Å². The maximum Gasteiger partial charge on any atom is 0.307 e. The lowest BCUT2D eigenvalue weighted by Gasteiger charge is -2.14. The van der Waals surface area contributed by atoms with Crippen LogP contribution in [0.15, 0.2) is 76.6 Å². The molecule has 0 aliphatic carbocycles. The number of hydrogen-bond donors (Lipinski definition) is 2. The molecule has 0 fully saturated rings. The highest BCUT2D eigenvalue weighted by atomic mass is 16.5. The first-order valence-corrected chi connectivity index (χ1v) is 9.04. The van der Waals surface area contributed by atoms with E-state index in [0.29, 0.717) is 23.6 Å². The van der Waals surface area contributed by atoms with Crippen LogP contribution in [0.5, 0.6) is 0 Å². The van der Waals surface area contributed by atoms with E-state index >= 15 is 0 Å². The van der Waals surface area contributed by atoms with Crippen LogP contribution >= 0.6 is 0 Å². The van der Waals surface area contributed by atoms with Crippen LogP contribution < -0.4 is 5.73 Å². The monoisotopic (exact) mass is 377 g/mol. The molecule has 0 radical (unpaired) electrons. The van der Waals surface area contributed by atoms with E-state index in [1.165, 1.54) is 0 Å². The van der Waals surface area contributed by atoms with E-state index in [1.54, 1.807) is 18.4 Å². The first-order chi connectivity index (χ1) is 13.5. The minimum atomic E-state index is -0.887. The molecule has 0 bridgehead atoms. The summed E-state index contributed by atoms with van der Waals surface area (Å²) in [4.78, 5) is 11.1. The largest absolute Gasteiger partial charge is 0.489 e. The first kappa shape index (κ1) is 19.3. The van der Waals surface area contributed by atoms with E-state index < -0.39 is 5.97 Å². The number of carboxylic acids is 1. The molecule has 0 aliphatic rings. The summed E-state index contributed by atoms with van der Waals surface area (Å²) >= 11 is 0. The number of anilines is 1. The SMILES string of the molecule is C/C=C(CC(=O)O)\C(=C/C)OCc1cc(-c2ccc(N)cc2)c2occc2c1. The van der Waals surface area contributed by atoms with Gasteiger partial charge in [0, 0.05) is 22.2 Å². The van der Waals surface area contributed by atoms with Crippen LogP contribution in [0.1, 0.15) is 25.8 Å². The van der Waals surface area contributed by atoms with Crippen LogP contribution in [0, 0.1) is 0 Å². The number of aliphatic carboxylic acids is 1. The van der Waals surface area contributed by atoms with Crippen LogP contribution in [-0.4, -0.2) is 11.1 Å². The van der Waals surface area contributed by atoms with Gasteiger partial charge in [-0.25, -0.2) is 0 Å². The van der Waals surface area contributed by atoms with Gasteiger partial charge in [-0.05, 0) is 61.4 Å². The number of fused-ring (bicyclic) bond motifs is 1. The highest BCUT2D eigenvalue weighted by molar-refractivity contribution is 5.93. The molecule has 0 atom stereocenters. The van der Waals surface area contributed by atoms with Gasteiger partial charge in [-0.15, -0.1) is 0 Å². The van der Waals surface area contributed by atoms with E-state index in [0.717, 1.165) is 27.7 Å². The Morgan fingerprint density at radius 1 is 1.14 bits per heavy atom. The fourth-order valence-corrected chi connectivity index (χ4v) is 3.12. The minimum absolute atomic E-state index is 0.0758. The molecule has 0 saturated heterocycles. The summed E-state index contributed by atoms with van der Waals surface area (Å²) in [6.07, 6.45) is 5.14. The Morgan fingerprint density at radius 3 is 2.54 bits per heavy atom. The lowest BCUT2D eigenvalue weighted by Crippen LogP contribution is -2.03. The zero-order valence-electron chi connectivity index (χ0n) is 15.9. The summed E-state index contributed by atoms with van der Waals surface area (Å²) in [5.74, 6) is -0.312. The summed E-state index contributed by atoms with van der Waals surface area (Å²) in [6.45, 7) is 3.96. The van der Waals surface area contributed by atoms with Crippen molar-refractivity contribution in [2.45, 2.75) is 26.9 Å². The Bertz CT molecular complexity index is 1040. The van der Waals surface area contributed by atoms with E-state index in [2.05, 4.69) is 0 Å². The van der Waals surface area contributed by atoms with Gasteiger partial charge >= 0.3 is 5.97 Å². The van der Waals surface area contributed by atoms with E-state index in [-0.39, 0.29) is 6.42 Å². The number of allylic oxidation sites excluding steroid dienone is 3. The fourth-order valence-electron chi connectivity index (χ4n) is 3.12. The topological polar surface area (TPSA) is 85.7 Å². The zero-order chi connectivity index (χ0) is 20.1. The second-order valence-corrected chi connectivity index (χ2v) is 6.43. The fraction of sp³-hybridized carbons (Fsp3) is 0.174. The number of hydrogen-bond acceptors (Lipinski definition) is 4. The summed E-state index contributed by atoms with van der Waals surface area (Å²) < 4.78 is 11.6. The summed E-state index contributed by atoms with van der Waals surface area (Å²) in [7, 11) is 0. The van der Waals surface area contributed by atoms with Crippen LogP contribution in [0.3, 0.4) is 0 Å². The average Bonchev–Trinajstić information content (AvgIpc) is 3.15. The van der Waals surface area contributed by atoms with Crippen molar-refractivity contribution >= 4 is 22.6 Å². The molecular formula is C23H23NO4. The molecule has 1 heterocycles. The smallest absolute Gasteiger partial charge is 0.307 e. The van der Waals surface area contributed by atoms with Crippen LogP contribution in [0.2, 0.25) is 0 Å². The highest BCUT2D eigenvalue weighted by Gasteiger charge is 2.13. The molecule has 5 heteroatoms. The highest BCUT2D eigenvalue weighted by Crippen LogP contribution is 2.32. The molecule has 0 spiro atoms. The summed E-state index contributed by atoms with van der Waals surface area (Å²) in [5, 5.41) is 10.1. The van der Waals surface area contributed by atoms with Crippen molar-refractivity contribution in [3.8, 4) is 11.1 Å². The Hall–Kier alpha value is -3.47. The van der Waals surface area contributed by atoms with Crippen LogP contribution in [-0.2, 0) is 16.1 Å². The van der Waals surface area contributed by atoms with Crippen LogP contribution in [0.25, 0.3) is 22.1 Å². The second-order valence-electron chi connectivity index (χ2n) is 6.43. The Kier molecular flexibility index (Phi) is 5.84. The molecule has 3 aromatic rings. The van der Waals surface area contributed by atoms with Gasteiger partial charge in [0.05, 0.1) is 12.7 Å². The maximum atomic E-state index is 11.1. The van der Waals surface area contributed by atoms with E-state index in [1.807, 2.05) is 56.3 Å². The van der Waals surface area contributed by atoms with Gasteiger partial charge in [-0.2, -0.15) is 0 Å². The van der Waals surface area contributed by atoms with Gasteiger partial charge < -0.3 is 20.0 Å². The molecule has 0 unspecified atom stereocenters. The van der Waals surface area contributed by atoms with Crippen molar-refractivity contribution in [2.24, 2.45) is 0 Å². The third-order valence-corrected chi connectivity index (χ3v) is 4.50. The van der Waals surface area contributed by atoms with Crippen molar-refractivity contribution in [3.63, 3.8) is 0 Å². The van der Waals surface area contributed by atoms with Crippen molar-refractivity contribution in [3.05, 3.63) is 77.8 Å². The third-order valence-electron chi connectivity index (χ3n) is 4.50. The number of carbonyl (C=O) groups is 1. The number of furan rings is 1. The zero-order valence-corrected chi connectivity index (χ0v) is 15.9. The third kappa shape index (κ3) is 4.26. The lowest BCUT2D eigenvalue weighted by molar-refractivity contribution is -0.136. The molecule has 3 N–H and O–H groups in total. The Morgan fingerprint density at radius 2 is 1.89 bits per heavy atom. The van der Waals surface area contributed by atoms with Gasteiger partial charge in [0.1, 0.15) is 17.9 Å². The van der Waals surface area contributed by atoms with Gasteiger partial charge in [0.15, 0.2) is 0 Å². The molecule has 0 aliphatic heterocycles. The van der Waals surface area contributed by atoms with Gasteiger partial charge in [0.2, 0.25) is 0 Å². The van der Waals surface area contributed by atoms with Crippen molar-refractivity contribution in [1.82, 2.24) is 0 Å². The van der Waals surface area contributed by atoms with Crippen molar-refractivity contribution in [2.75, 3.05) is 5.73 Å². The number of ether oxygens (including phenoxy) is 1. The molecule has 0 amide bonds. The number of nitrogens with two attached hydrogens (primary N) is 1. The standard InChI is InChI=1S/C23H23NO4/c1-3-16(13-22(25)26)21(4-2)28-14-15-11-18-9-10-27-23(18)20(12-15)17-5-7-19(24)8-6-17/h3-12H,13-14,24H2,1-2H3,(H,25,26)/b16-3-,21-4+. The number of benzene rings is 2. The maximum absolute atomic E-state index is 11.1. The summed E-state index contributed by atoms with van der Waals surface area (Å²) in [6, 6.07) is 13.6. The molecule has 0 saturated carbocycles. The molecule has 144 valence electrons. The quantitative estimate of drug-likeness (QED) is 0.321. The van der Waals surface area contributed by atoms with E-state index in [4.69, 9.17) is 20.0 Å². The lowest BCUT2D eigenvalue weighted by atomic mass is 10.0. The first-order valence-electron chi connectivity index (χ1n) is 9.04. The van der Waals surface area contributed by atoms with Crippen LogP contribution in [0.4, 0.5) is 5.69 Å². The van der Waals surface area contributed by atoms with Crippen molar-refractivity contribution < 1.29 is 19.1 Å². The Balaban J connectivity index is 1.89. The molecular weight excluding hydrogens is 354 g/mol. The number of rotatable bonds is 7. The second kappa shape index (κ2) is 8.48. The number of nitrogen functional groups attached to an aromatic ring is 1. The average molecular weight is 377 g/mol. The van der Waals surface area contributed by atoms with E-state index in [9.17, 15) is 4.79 Å². The van der Waals surface area contributed by atoms with Gasteiger partial charge in [-0.1, -0.05) is 18.2 Å². The molecule has 2 aromatic carbocycles. The van der Waals surface area contributed by atoms with Gasteiger partial charge in [0.25, 0.3) is 0 Å². The number of carboxylic acid groups (broad SMARTS) is 1. The molecule has 28 heavy (non-hydrogen) atoms. The molecule has 5 nitrogen and oxygen atoms in total. The van der Waals surface area contributed by atoms with Crippen molar-refractivity contribution in [1.29, 1.82) is 0 Å². The summed E-state index contributed by atoms with van der Waals surface area (Å²) in [5.41, 5.74) is 10.9. The predicted molar refractivity (Wildman–Crippen MR) is 111 cm³/mol. The Labute approximate surface area is 163 Å². The normalized spacial score (nSPS) is 12.4. The predicted octanol–water partition coefficient (Wildman–Crippen LogP) is 5.52. The molecule has 1 aromatic heterocycles.